The van der Waals surface area contributed by atoms with E-state index < -0.39 is 0 Å². The molecule has 9 nitrogen and oxygen atoms in total. The average Bonchev–Trinajstić information content (AvgIpc) is 3.45. The van der Waals surface area contributed by atoms with Gasteiger partial charge in [-0.2, -0.15) is 10.1 Å². The number of amides is 1. The maximum absolute atomic E-state index is 12.0. The molecule has 3 aromatic rings. The number of rotatable bonds is 4. The number of pyridine rings is 2. The van der Waals surface area contributed by atoms with Crippen LogP contribution in [0.3, 0.4) is 0 Å². The van der Waals surface area contributed by atoms with Gasteiger partial charge in [0.15, 0.2) is 0 Å². The van der Waals surface area contributed by atoms with E-state index in [-0.39, 0.29) is 17.8 Å². The largest absolute Gasteiger partial charge is 0.481 e. The second-order valence-electron chi connectivity index (χ2n) is 7.13. The predicted octanol–water partition coefficient (Wildman–Crippen LogP) is 2.44. The van der Waals surface area contributed by atoms with Gasteiger partial charge in [-0.05, 0) is 18.4 Å². The van der Waals surface area contributed by atoms with Gasteiger partial charge in [-0.1, -0.05) is 24.1 Å². The highest BCUT2D eigenvalue weighted by Gasteiger charge is 2.29. The van der Waals surface area contributed by atoms with E-state index in [4.69, 9.17) is 31.9 Å². The van der Waals surface area contributed by atoms with Crippen molar-refractivity contribution in [1.29, 1.82) is 0 Å². The van der Waals surface area contributed by atoms with Crippen LogP contribution in [0.4, 0.5) is 5.82 Å². The lowest BCUT2D eigenvalue weighted by Gasteiger charge is -2.15. The first kappa shape index (κ1) is 21.5. The number of nitrogens with zero attached hydrogens (tertiary/aromatic N) is 5. The van der Waals surface area contributed by atoms with Crippen LogP contribution < -0.4 is 15.2 Å². The summed E-state index contributed by atoms with van der Waals surface area (Å²) in [6.07, 6.45) is 3.53. The molecular weight excluding hydrogens is 432 g/mol. The number of fused-ring (bicyclic) bond motifs is 1. The number of ether oxygens (including phenoxy) is 2. The van der Waals surface area contributed by atoms with Gasteiger partial charge in [-0.25, -0.2) is 4.98 Å². The van der Waals surface area contributed by atoms with E-state index in [1.165, 1.54) is 26.5 Å². The van der Waals surface area contributed by atoms with E-state index in [1.807, 2.05) is 0 Å². The lowest BCUT2D eigenvalue weighted by molar-refractivity contribution is -0.125. The normalized spacial score (nSPS) is 15.3. The number of carbonyl (C=O) groups is 1. The molecule has 0 spiro atoms. The number of hydrogen-bond donors (Lipinski definition) is 1. The van der Waals surface area contributed by atoms with Crippen LogP contribution in [0.2, 0.25) is 5.02 Å². The minimum Gasteiger partial charge on any atom is -0.481 e. The Balaban J connectivity index is 1.80. The zero-order valence-electron chi connectivity index (χ0n) is 17.6. The van der Waals surface area contributed by atoms with E-state index in [0.717, 1.165) is 6.42 Å². The highest BCUT2D eigenvalue weighted by atomic mass is 35.5. The molecular formula is C22H21ClN6O3. The number of aromatic nitrogens is 4. The Kier molecular flexibility index (Phi) is 5.88. The van der Waals surface area contributed by atoms with Crippen LogP contribution in [-0.4, -0.2) is 57.9 Å². The number of methoxy groups -OCH3 is 2. The molecule has 0 bridgehead atoms. The van der Waals surface area contributed by atoms with Crippen LogP contribution in [0.25, 0.3) is 10.9 Å². The zero-order valence-corrected chi connectivity index (χ0v) is 18.4. The van der Waals surface area contributed by atoms with Crippen molar-refractivity contribution in [3.63, 3.8) is 0 Å². The Morgan fingerprint density at radius 1 is 1.31 bits per heavy atom. The SMILES string of the molecule is C=CC(=O)N1CCC(n2nc(C#Cc3cc(OC)nc(OC)c3)c3c(N)ncc(Cl)c32)C1. The molecule has 10 heteroatoms. The summed E-state index contributed by atoms with van der Waals surface area (Å²) in [6, 6.07) is 3.32. The second kappa shape index (κ2) is 8.77. The zero-order chi connectivity index (χ0) is 22.8. The fourth-order valence-corrected chi connectivity index (χ4v) is 3.90. The molecule has 1 saturated heterocycles. The van der Waals surface area contributed by atoms with E-state index in [2.05, 4.69) is 28.4 Å². The van der Waals surface area contributed by atoms with Crippen molar-refractivity contribution in [2.24, 2.45) is 0 Å². The Labute approximate surface area is 189 Å². The smallest absolute Gasteiger partial charge is 0.246 e. The summed E-state index contributed by atoms with van der Waals surface area (Å²) in [5, 5.41) is 5.70. The molecule has 1 atom stereocenters. The van der Waals surface area contributed by atoms with Crippen molar-refractivity contribution in [1.82, 2.24) is 24.6 Å². The molecule has 1 aliphatic heterocycles. The molecule has 2 N–H and O–H groups in total. The summed E-state index contributed by atoms with van der Waals surface area (Å²) in [5.41, 5.74) is 7.89. The molecule has 0 saturated carbocycles. The van der Waals surface area contributed by atoms with Gasteiger partial charge in [0, 0.05) is 30.8 Å². The van der Waals surface area contributed by atoms with Gasteiger partial charge < -0.3 is 20.1 Å². The Morgan fingerprint density at radius 3 is 2.69 bits per heavy atom. The second-order valence-corrected chi connectivity index (χ2v) is 7.54. The molecule has 1 aliphatic rings. The van der Waals surface area contributed by atoms with Crippen LogP contribution in [0.1, 0.15) is 23.7 Å². The van der Waals surface area contributed by atoms with Crippen molar-refractivity contribution in [3.05, 3.63) is 47.3 Å². The third-order valence-corrected chi connectivity index (χ3v) is 5.50. The van der Waals surface area contributed by atoms with E-state index in [0.29, 0.717) is 52.0 Å². The number of anilines is 1. The molecule has 32 heavy (non-hydrogen) atoms. The number of nitrogens with two attached hydrogens (primary N) is 1. The molecule has 0 aliphatic carbocycles. The molecule has 0 radical (unpaired) electrons. The number of likely N-dealkylation sites (tertiary alicyclic amines) is 1. The number of hydrogen-bond acceptors (Lipinski definition) is 7. The summed E-state index contributed by atoms with van der Waals surface area (Å²) in [6.45, 7) is 4.66. The van der Waals surface area contributed by atoms with E-state index >= 15 is 0 Å². The molecule has 1 amide bonds. The van der Waals surface area contributed by atoms with Crippen molar-refractivity contribution in [2.45, 2.75) is 12.5 Å². The maximum atomic E-state index is 12.0. The lowest BCUT2D eigenvalue weighted by Crippen LogP contribution is -2.27. The molecule has 164 valence electrons. The third kappa shape index (κ3) is 3.92. The maximum Gasteiger partial charge on any atom is 0.246 e. The summed E-state index contributed by atoms with van der Waals surface area (Å²) < 4.78 is 12.2. The first-order valence-corrected chi connectivity index (χ1v) is 10.2. The fourth-order valence-electron chi connectivity index (χ4n) is 3.67. The third-order valence-electron chi connectivity index (χ3n) is 5.23. The molecule has 4 rings (SSSR count). The van der Waals surface area contributed by atoms with Crippen LogP contribution in [0.15, 0.2) is 31.0 Å². The highest BCUT2D eigenvalue weighted by Crippen LogP contribution is 2.34. The molecule has 3 aromatic heterocycles. The van der Waals surface area contributed by atoms with Crippen molar-refractivity contribution in [2.75, 3.05) is 33.0 Å². The van der Waals surface area contributed by atoms with Crippen molar-refractivity contribution >= 4 is 34.2 Å². The Hall–Kier alpha value is -3.77. The van der Waals surface area contributed by atoms with Crippen LogP contribution in [0, 0.1) is 11.8 Å². The standard InChI is InChI=1S/C22H21ClN6O3/c1-4-19(30)28-8-7-14(12-28)29-21-15(23)11-25-22(24)20(21)16(27-29)6-5-13-9-17(31-2)26-18(10-13)32-3/h4,9-11,14H,1,7-8,12H2,2-3H3,(H2,24,25). The topological polar surface area (TPSA) is 108 Å². The predicted molar refractivity (Wildman–Crippen MR) is 121 cm³/mol. The van der Waals surface area contributed by atoms with E-state index in [1.54, 1.807) is 21.7 Å². The molecule has 1 fully saturated rings. The van der Waals surface area contributed by atoms with Gasteiger partial charge in [0.25, 0.3) is 0 Å². The first-order chi connectivity index (χ1) is 15.4. The monoisotopic (exact) mass is 452 g/mol. The Morgan fingerprint density at radius 2 is 2.03 bits per heavy atom. The van der Waals surface area contributed by atoms with Gasteiger partial charge in [0.2, 0.25) is 17.7 Å². The highest BCUT2D eigenvalue weighted by molar-refractivity contribution is 6.35. The molecule has 0 aromatic carbocycles. The van der Waals surface area contributed by atoms with Crippen LogP contribution >= 0.6 is 11.6 Å². The average molecular weight is 453 g/mol. The minimum absolute atomic E-state index is 0.0719. The minimum atomic E-state index is -0.114. The summed E-state index contributed by atoms with van der Waals surface area (Å²) in [7, 11) is 3.04. The van der Waals surface area contributed by atoms with E-state index in [9.17, 15) is 4.79 Å². The van der Waals surface area contributed by atoms with Crippen molar-refractivity contribution < 1.29 is 14.3 Å². The number of carbonyl (C=O) groups excluding carboxylic acids is 1. The molecule has 1 unspecified atom stereocenters. The van der Waals surface area contributed by atoms with Gasteiger partial charge in [-0.15, -0.1) is 0 Å². The van der Waals surface area contributed by atoms with Gasteiger partial charge in [-0.3, -0.25) is 9.48 Å². The molecule has 4 heterocycles. The first-order valence-electron chi connectivity index (χ1n) is 9.80. The Bertz CT molecular complexity index is 1250. The lowest BCUT2D eigenvalue weighted by atomic mass is 10.2. The fraction of sp³-hybridized carbons (Fsp3) is 0.273. The van der Waals surface area contributed by atoms with Crippen LogP contribution in [-0.2, 0) is 4.79 Å². The summed E-state index contributed by atoms with van der Waals surface area (Å²) in [5.74, 6) is 7.05. The number of halogens is 1. The number of nitrogen functional groups attached to an aromatic ring is 1. The quantitative estimate of drug-likeness (QED) is 0.478. The summed E-state index contributed by atoms with van der Waals surface area (Å²) >= 11 is 6.48. The van der Waals surface area contributed by atoms with Crippen molar-refractivity contribution in [3.8, 4) is 23.6 Å². The van der Waals surface area contributed by atoms with Crippen LogP contribution in [0.5, 0.6) is 11.8 Å². The summed E-state index contributed by atoms with van der Waals surface area (Å²) in [4.78, 5) is 22.1. The van der Waals surface area contributed by atoms with Gasteiger partial charge in [0.1, 0.15) is 11.5 Å². The van der Waals surface area contributed by atoms with Gasteiger partial charge >= 0.3 is 0 Å². The van der Waals surface area contributed by atoms with Gasteiger partial charge in [0.05, 0.1) is 42.4 Å².